The summed E-state index contributed by atoms with van der Waals surface area (Å²) in [6, 6.07) is 8.37. The average molecular weight is 460 g/mol. The van der Waals surface area contributed by atoms with E-state index >= 15 is 0 Å². The summed E-state index contributed by atoms with van der Waals surface area (Å²) < 4.78 is 0. The number of carbonyl (C=O) groups is 3. The third kappa shape index (κ3) is 9.19. The summed E-state index contributed by atoms with van der Waals surface area (Å²) >= 11 is 0. The van der Waals surface area contributed by atoms with Gasteiger partial charge in [-0.25, -0.2) is 5.48 Å². The van der Waals surface area contributed by atoms with Crippen LogP contribution in [0.2, 0.25) is 0 Å². The SMILES string of the molecule is C=CCC(C)(C)C(NC(=O)[C@H](C/C=C/c1ccccc1)[C@H](O)C(=O)NO)C(=O)NC(C)(C)C. The Morgan fingerprint density at radius 3 is 2.15 bits per heavy atom. The van der Waals surface area contributed by atoms with Crippen LogP contribution in [0.4, 0.5) is 0 Å². The van der Waals surface area contributed by atoms with E-state index in [0.29, 0.717) is 6.42 Å². The molecule has 182 valence electrons. The van der Waals surface area contributed by atoms with Gasteiger partial charge in [0.05, 0.1) is 5.92 Å². The van der Waals surface area contributed by atoms with Crippen molar-refractivity contribution >= 4 is 23.8 Å². The van der Waals surface area contributed by atoms with Crippen molar-refractivity contribution in [2.75, 3.05) is 0 Å². The molecule has 0 spiro atoms. The highest BCUT2D eigenvalue weighted by Gasteiger charge is 2.40. The monoisotopic (exact) mass is 459 g/mol. The zero-order valence-corrected chi connectivity index (χ0v) is 20.1. The molecule has 1 aromatic rings. The van der Waals surface area contributed by atoms with Crippen molar-refractivity contribution in [1.82, 2.24) is 16.1 Å². The predicted molar refractivity (Wildman–Crippen MR) is 128 cm³/mol. The van der Waals surface area contributed by atoms with Gasteiger partial charge in [-0.1, -0.05) is 62.4 Å². The minimum atomic E-state index is -1.82. The quantitative estimate of drug-likeness (QED) is 0.197. The van der Waals surface area contributed by atoms with Crippen molar-refractivity contribution in [2.24, 2.45) is 11.3 Å². The number of aliphatic hydroxyl groups is 1. The van der Waals surface area contributed by atoms with Crippen LogP contribution in [0.15, 0.2) is 49.1 Å². The van der Waals surface area contributed by atoms with Crippen LogP contribution in [0.25, 0.3) is 6.08 Å². The Balaban J connectivity index is 3.19. The number of rotatable bonds is 11. The molecule has 1 rings (SSSR count). The molecule has 1 aromatic carbocycles. The molecule has 0 radical (unpaired) electrons. The number of allylic oxidation sites excluding steroid dienone is 2. The van der Waals surface area contributed by atoms with Crippen LogP contribution in [0, 0.1) is 11.3 Å². The van der Waals surface area contributed by atoms with E-state index in [9.17, 15) is 19.5 Å². The van der Waals surface area contributed by atoms with Crippen molar-refractivity contribution in [3.05, 3.63) is 54.6 Å². The summed E-state index contributed by atoms with van der Waals surface area (Å²) in [5.74, 6) is -3.41. The van der Waals surface area contributed by atoms with Crippen molar-refractivity contribution in [3.63, 3.8) is 0 Å². The summed E-state index contributed by atoms with van der Waals surface area (Å²) in [6.07, 6.45) is 3.71. The maximum absolute atomic E-state index is 13.2. The Bertz CT molecular complexity index is 843. The fourth-order valence-electron chi connectivity index (χ4n) is 3.34. The number of benzene rings is 1. The molecule has 3 atom stereocenters. The summed E-state index contributed by atoms with van der Waals surface area (Å²) in [5.41, 5.74) is 1.04. The van der Waals surface area contributed by atoms with Crippen LogP contribution in [0.5, 0.6) is 0 Å². The summed E-state index contributed by atoms with van der Waals surface area (Å²) in [5, 5.41) is 24.9. The second-order valence-electron chi connectivity index (χ2n) is 9.74. The van der Waals surface area contributed by atoms with Crippen LogP contribution in [0.3, 0.4) is 0 Å². The zero-order valence-electron chi connectivity index (χ0n) is 20.1. The van der Waals surface area contributed by atoms with Crippen LogP contribution in [0.1, 0.15) is 53.0 Å². The molecular formula is C25H37N3O5. The molecule has 5 N–H and O–H groups in total. The van der Waals surface area contributed by atoms with Gasteiger partial charge in [0, 0.05) is 5.54 Å². The lowest BCUT2D eigenvalue weighted by Gasteiger charge is -2.36. The standard InChI is InChI=1S/C25H37N3O5/c1-7-16-25(5,6)20(23(32)27-24(2,3)4)26-21(30)18(19(29)22(31)28-33)15-11-14-17-12-9-8-10-13-17/h7-14,18-20,29,33H,1,15-16H2,2-6H3,(H,26,30)(H,27,32)(H,28,31)/b14-11+/t18-,19+,20?/m1/s1. The first-order valence-corrected chi connectivity index (χ1v) is 10.9. The lowest BCUT2D eigenvalue weighted by Crippen LogP contribution is -2.59. The second kappa shape index (κ2) is 12.3. The number of aliphatic hydroxyl groups excluding tert-OH is 1. The van der Waals surface area contributed by atoms with Gasteiger partial charge in [0.2, 0.25) is 11.8 Å². The molecule has 33 heavy (non-hydrogen) atoms. The number of hydrogen-bond acceptors (Lipinski definition) is 5. The first-order chi connectivity index (χ1) is 15.3. The van der Waals surface area contributed by atoms with E-state index in [4.69, 9.17) is 5.21 Å². The Labute approximate surface area is 196 Å². The maximum atomic E-state index is 13.2. The summed E-state index contributed by atoms with van der Waals surface area (Å²) in [7, 11) is 0. The molecule has 0 aliphatic carbocycles. The van der Waals surface area contributed by atoms with Gasteiger partial charge in [-0.05, 0) is 44.6 Å². The Hall–Kier alpha value is -2.97. The van der Waals surface area contributed by atoms with Crippen molar-refractivity contribution < 1.29 is 24.7 Å². The van der Waals surface area contributed by atoms with Gasteiger partial charge in [-0.15, -0.1) is 6.58 Å². The summed E-state index contributed by atoms with van der Waals surface area (Å²) in [6.45, 7) is 12.9. The minimum Gasteiger partial charge on any atom is -0.382 e. The molecule has 0 aliphatic rings. The molecule has 3 amide bonds. The second-order valence-corrected chi connectivity index (χ2v) is 9.74. The van der Waals surface area contributed by atoms with E-state index in [1.54, 1.807) is 18.2 Å². The van der Waals surface area contributed by atoms with Gasteiger partial charge in [-0.2, -0.15) is 0 Å². The van der Waals surface area contributed by atoms with Gasteiger partial charge in [0.1, 0.15) is 12.1 Å². The van der Waals surface area contributed by atoms with E-state index in [2.05, 4.69) is 17.2 Å². The Morgan fingerprint density at radius 2 is 1.64 bits per heavy atom. The van der Waals surface area contributed by atoms with E-state index in [-0.39, 0.29) is 12.3 Å². The topological polar surface area (TPSA) is 128 Å². The molecule has 0 heterocycles. The van der Waals surface area contributed by atoms with Gasteiger partial charge < -0.3 is 15.7 Å². The van der Waals surface area contributed by atoms with Crippen molar-refractivity contribution in [2.45, 2.75) is 65.1 Å². The van der Waals surface area contributed by atoms with Crippen LogP contribution in [-0.2, 0) is 14.4 Å². The molecule has 1 unspecified atom stereocenters. The highest BCUT2D eigenvalue weighted by atomic mass is 16.5. The lowest BCUT2D eigenvalue weighted by atomic mass is 9.79. The number of hydrogen-bond donors (Lipinski definition) is 5. The average Bonchev–Trinajstić information content (AvgIpc) is 2.73. The highest BCUT2D eigenvalue weighted by molar-refractivity contribution is 5.93. The first kappa shape index (κ1) is 28.1. The number of carbonyl (C=O) groups excluding carboxylic acids is 3. The summed E-state index contributed by atoms with van der Waals surface area (Å²) in [4.78, 5) is 38.1. The van der Waals surface area contributed by atoms with Gasteiger partial charge >= 0.3 is 0 Å². The fourth-order valence-corrected chi connectivity index (χ4v) is 3.34. The highest BCUT2D eigenvalue weighted by Crippen LogP contribution is 2.27. The predicted octanol–water partition coefficient (Wildman–Crippen LogP) is 2.57. The third-order valence-electron chi connectivity index (χ3n) is 5.10. The Kier molecular flexibility index (Phi) is 10.5. The van der Waals surface area contributed by atoms with Crippen LogP contribution < -0.4 is 16.1 Å². The van der Waals surface area contributed by atoms with Gasteiger partial charge in [-0.3, -0.25) is 19.6 Å². The van der Waals surface area contributed by atoms with Crippen LogP contribution >= 0.6 is 0 Å². The molecule has 8 heteroatoms. The largest absolute Gasteiger partial charge is 0.382 e. The molecule has 0 saturated heterocycles. The van der Waals surface area contributed by atoms with Gasteiger partial charge in [0.25, 0.3) is 5.91 Å². The molecule has 0 aromatic heterocycles. The van der Waals surface area contributed by atoms with Crippen molar-refractivity contribution in [1.29, 1.82) is 0 Å². The molecule has 0 aliphatic heterocycles. The molecule has 8 nitrogen and oxygen atoms in total. The molecular weight excluding hydrogens is 422 g/mol. The Morgan fingerprint density at radius 1 is 1.03 bits per heavy atom. The zero-order chi connectivity index (χ0) is 25.2. The molecule has 0 fully saturated rings. The molecule has 0 saturated carbocycles. The minimum absolute atomic E-state index is 0.00477. The third-order valence-corrected chi connectivity index (χ3v) is 5.10. The van der Waals surface area contributed by atoms with E-state index in [0.717, 1.165) is 5.56 Å². The van der Waals surface area contributed by atoms with Crippen molar-refractivity contribution in [3.8, 4) is 0 Å². The van der Waals surface area contributed by atoms with E-state index < -0.39 is 40.8 Å². The van der Waals surface area contributed by atoms with E-state index in [1.165, 1.54) is 5.48 Å². The number of hydroxylamine groups is 1. The van der Waals surface area contributed by atoms with E-state index in [1.807, 2.05) is 65.0 Å². The fraction of sp³-hybridized carbons (Fsp3) is 0.480. The lowest BCUT2D eigenvalue weighted by molar-refractivity contribution is -0.147. The van der Waals surface area contributed by atoms with Crippen LogP contribution in [-0.4, -0.2) is 45.7 Å². The number of amides is 3. The maximum Gasteiger partial charge on any atom is 0.272 e. The number of nitrogens with one attached hydrogen (secondary N) is 3. The molecule has 0 bridgehead atoms. The smallest absolute Gasteiger partial charge is 0.272 e. The normalized spacial score (nSPS) is 14.8. The first-order valence-electron chi connectivity index (χ1n) is 10.9. The van der Waals surface area contributed by atoms with Gasteiger partial charge in [0.15, 0.2) is 0 Å².